The van der Waals surface area contributed by atoms with E-state index >= 15 is 0 Å². The number of nitrogens with zero attached hydrogens (tertiary/aromatic N) is 2. The highest BCUT2D eigenvalue weighted by Crippen LogP contribution is 2.34. The van der Waals surface area contributed by atoms with Crippen LogP contribution in [0.4, 0.5) is 5.82 Å². The van der Waals surface area contributed by atoms with Gasteiger partial charge in [-0.1, -0.05) is 25.7 Å². The van der Waals surface area contributed by atoms with Crippen LogP contribution in [0.5, 0.6) is 0 Å². The average molecular weight is 221 g/mol. The Morgan fingerprint density at radius 3 is 2.38 bits per heavy atom. The lowest BCUT2D eigenvalue weighted by Gasteiger charge is -2.14. The predicted molar refractivity (Wildman–Crippen MR) is 67.5 cm³/mol. The molecule has 0 atom stereocenters. The zero-order valence-corrected chi connectivity index (χ0v) is 10.4. The van der Waals surface area contributed by atoms with Crippen LogP contribution in [0, 0.1) is 0 Å². The van der Waals surface area contributed by atoms with E-state index in [4.69, 9.17) is 5.73 Å². The average Bonchev–Trinajstić information content (AvgIpc) is 2.50. The molecule has 3 heteroatoms. The maximum Gasteiger partial charge on any atom is 0.127 e. The minimum Gasteiger partial charge on any atom is -0.384 e. The van der Waals surface area contributed by atoms with E-state index in [2.05, 4.69) is 23.4 Å². The molecule has 1 saturated carbocycles. The molecule has 0 radical (unpaired) electrons. The second kappa shape index (κ2) is 4.89. The number of hydrogen-bond acceptors (Lipinski definition) is 2. The maximum atomic E-state index is 6.19. The van der Waals surface area contributed by atoms with Crippen molar-refractivity contribution in [3.8, 4) is 0 Å². The van der Waals surface area contributed by atoms with Crippen LogP contribution in [-0.4, -0.2) is 9.55 Å². The van der Waals surface area contributed by atoms with Crippen LogP contribution in [-0.2, 0) is 0 Å². The molecule has 3 nitrogen and oxygen atoms in total. The Hall–Kier alpha value is -0.990. The Morgan fingerprint density at radius 1 is 1.25 bits per heavy atom. The number of rotatable bonds is 2. The number of imidazole rings is 1. The van der Waals surface area contributed by atoms with Crippen molar-refractivity contribution in [2.75, 3.05) is 5.73 Å². The summed E-state index contributed by atoms with van der Waals surface area (Å²) < 4.78 is 2.08. The van der Waals surface area contributed by atoms with Crippen molar-refractivity contribution in [1.29, 1.82) is 0 Å². The minimum atomic E-state index is 0.409. The first-order valence-corrected chi connectivity index (χ1v) is 6.52. The molecule has 1 aliphatic rings. The van der Waals surface area contributed by atoms with Crippen molar-refractivity contribution in [1.82, 2.24) is 9.55 Å². The molecule has 1 aromatic rings. The smallest absolute Gasteiger partial charge is 0.127 e. The summed E-state index contributed by atoms with van der Waals surface area (Å²) in [5.74, 6) is 1.49. The van der Waals surface area contributed by atoms with E-state index in [1.54, 1.807) is 0 Å². The topological polar surface area (TPSA) is 43.8 Å². The van der Waals surface area contributed by atoms with E-state index in [1.807, 2.05) is 6.33 Å². The van der Waals surface area contributed by atoms with Gasteiger partial charge in [-0.2, -0.15) is 0 Å². The normalized spacial score (nSPS) is 18.9. The van der Waals surface area contributed by atoms with Gasteiger partial charge < -0.3 is 10.3 Å². The Labute approximate surface area is 98.1 Å². The molecule has 1 fully saturated rings. The lowest BCUT2D eigenvalue weighted by Crippen LogP contribution is -2.07. The van der Waals surface area contributed by atoms with Gasteiger partial charge in [0.15, 0.2) is 0 Å². The molecule has 2 rings (SSSR count). The van der Waals surface area contributed by atoms with Crippen LogP contribution in [0.3, 0.4) is 0 Å². The Bertz CT molecular complexity index is 333. The molecule has 1 heterocycles. The molecule has 0 saturated heterocycles. The third-order valence-electron chi connectivity index (χ3n) is 3.66. The van der Waals surface area contributed by atoms with Gasteiger partial charge in [0.05, 0.1) is 12.0 Å². The first kappa shape index (κ1) is 11.5. The molecular weight excluding hydrogens is 198 g/mol. The van der Waals surface area contributed by atoms with Gasteiger partial charge in [0.1, 0.15) is 5.82 Å². The summed E-state index contributed by atoms with van der Waals surface area (Å²) >= 11 is 0. The van der Waals surface area contributed by atoms with Gasteiger partial charge in [0.2, 0.25) is 0 Å². The lowest BCUT2D eigenvalue weighted by atomic mass is 9.96. The number of aromatic nitrogens is 2. The summed E-state index contributed by atoms with van der Waals surface area (Å²) in [6.45, 7) is 4.30. The molecule has 90 valence electrons. The van der Waals surface area contributed by atoms with Crippen molar-refractivity contribution in [3.63, 3.8) is 0 Å². The van der Waals surface area contributed by atoms with E-state index in [9.17, 15) is 0 Å². The van der Waals surface area contributed by atoms with Crippen LogP contribution < -0.4 is 5.73 Å². The van der Waals surface area contributed by atoms with Crippen molar-refractivity contribution >= 4 is 5.82 Å². The standard InChI is InChI=1S/C13H23N3/c1-10(2)16-9-15-12(13(16)14)11-7-5-3-4-6-8-11/h9-11H,3-8,14H2,1-2H3. The van der Waals surface area contributed by atoms with E-state index in [1.165, 1.54) is 38.5 Å². The molecule has 2 N–H and O–H groups in total. The van der Waals surface area contributed by atoms with E-state index in [-0.39, 0.29) is 0 Å². The zero-order valence-electron chi connectivity index (χ0n) is 10.4. The summed E-state index contributed by atoms with van der Waals surface area (Å²) in [7, 11) is 0. The zero-order chi connectivity index (χ0) is 11.5. The first-order valence-electron chi connectivity index (χ1n) is 6.52. The molecule has 1 aliphatic carbocycles. The molecule has 0 spiro atoms. The summed E-state index contributed by atoms with van der Waals surface area (Å²) in [6, 6.07) is 0.409. The fraction of sp³-hybridized carbons (Fsp3) is 0.769. The van der Waals surface area contributed by atoms with Gasteiger partial charge >= 0.3 is 0 Å². The Morgan fingerprint density at radius 2 is 1.88 bits per heavy atom. The van der Waals surface area contributed by atoms with Crippen molar-refractivity contribution < 1.29 is 0 Å². The van der Waals surface area contributed by atoms with Gasteiger partial charge in [0, 0.05) is 12.0 Å². The molecular formula is C13H23N3. The van der Waals surface area contributed by atoms with Crippen LogP contribution in [0.2, 0.25) is 0 Å². The maximum absolute atomic E-state index is 6.19. The summed E-state index contributed by atoms with van der Waals surface area (Å²) in [6.07, 6.45) is 9.85. The highest BCUT2D eigenvalue weighted by atomic mass is 15.1. The first-order chi connectivity index (χ1) is 7.70. The molecule has 0 aliphatic heterocycles. The van der Waals surface area contributed by atoms with E-state index in [0.717, 1.165) is 11.5 Å². The molecule has 16 heavy (non-hydrogen) atoms. The number of nitrogen functional groups attached to an aromatic ring is 1. The highest BCUT2D eigenvalue weighted by Gasteiger charge is 2.20. The van der Waals surface area contributed by atoms with Gasteiger partial charge in [0.25, 0.3) is 0 Å². The monoisotopic (exact) mass is 221 g/mol. The number of nitrogens with two attached hydrogens (primary N) is 1. The fourth-order valence-electron chi connectivity index (χ4n) is 2.66. The van der Waals surface area contributed by atoms with Crippen molar-refractivity contribution in [3.05, 3.63) is 12.0 Å². The summed E-state index contributed by atoms with van der Waals surface area (Å²) in [5.41, 5.74) is 7.34. The van der Waals surface area contributed by atoms with Crippen LogP contribution in [0.25, 0.3) is 0 Å². The SMILES string of the molecule is CC(C)n1cnc(C2CCCCCC2)c1N. The molecule has 0 aromatic carbocycles. The molecule has 1 aromatic heterocycles. The number of anilines is 1. The third kappa shape index (κ3) is 2.23. The minimum absolute atomic E-state index is 0.409. The van der Waals surface area contributed by atoms with E-state index < -0.39 is 0 Å². The Balaban J connectivity index is 2.19. The molecule has 0 unspecified atom stereocenters. The van der Waals surface area contributed by atoms with Crippen LogP contribution in [0.15, 0.2) is 6.33 Å². The molecule has 0 amide bonds. The molecule has 0 bridgehead atoms. The van der Waals surface area contributed by atoms with Gasteiger partial charge in [-0.15, -0.1) is 0 Å². The van der Waals surface area contributed by atoms with Gasteiger partial charge in [-0.05, 0) is 26.7 Å². The van der Waals surface area contributed by atoms with Crippen LogP contribution in [0.1, 0.15) is 70.0 Å². The Kier molecular flexibility index (Phi) is 3.52. The largest absolute Gasteiger partial charge is 0.384 e. The third-order valence-corrected chi connectivity index (χ3v) is 3.66. The summed E-state index contributed by atoms with van der Waals surface area (Å²) in [5, 5.41) is 0. The van der Waals surface area contributed by atoms with Crippen molar-refractivity contribution in [2.24, 2.45) is 0 Å². The lowest BCUT2D eigenvalue weighted by molar-refractivity contribution is 0.578. The second-order valence-corrected chi connectivity index (χ2v) is 5.20. The highest BCUT2D eigenvalue weighted by molar-refractivity contribution is 5.39. The van der Waals surface area contributed by atoms with Crippen molar-refractivity contribution in [2.45, 2.75) is 64.3 Å². The summed E-state index contributed by atoms with van der Waals surface area (Å²) in [4.78, 5) is 4.54. The second-order valence-electron chi connectivity index (χ2n) is 5.20. The van der Waals surface area contributed by atoms with E-state index in [0.29, 0.717) is 12.0 Å². The quantitative estimate of drug-likeness (QED) is 0.777. The van der Waals surface area contributed by atoms with Gasteiger partial charge in [-0.25, -0.2) is 4.98 Å². The van der Waals surface area contributed by atoms with Gasteiger partial charge in [-0.3, -0.25) is 0 Å². The van der Waals surface area contributed by atoms with Crippen LogP contribution >= 0.6 is 0 Å². The predicted octanol–water partition coefficient (Wildman–Crippen LogP) is 3.48. The number of hydrogen-bond donors (Lipinski definition) is 1. The fourth-order valence-corrected chi connectivity index (χ4v) is 2.66.